The molecule has 0 unspecified atom stereocenters. The molecule has 0 amide bonds. The number of fused-ring (bicyclic) bond motifs is 1. The lowest BCUT2D eigenvalue weighted by atomic mass is 10.1. The summed E-state index contributed by atoms with van der Waals surface area (Å²) >= 11 is 0. The summed E-state index contributed by atoms with van der Waals surface area (Å²) < 4.78 is 48.7. The van der Waals surface area contributed by atoms with E-state index in [1.807, 2.05) is 17.0 Å². The highest BCUT2D eigenvalue weighted by molar-refractivity contribution is 5.81. The summed E-state index contributed by atoms with van der Waals surface area (Å²) in [5.74, 6) is 1.29. The number of aromatic amines is 1. The van der Waals surface area contributed by atoms with Crippen LogP contribution in [0.3, 0.4) is 0 Å². The summed E-state index contributed by atoms with van der Waals surface area (Å²) in [5, 5.41) is 0.876. The Labute approximate surface area is 170 Å². The van der Waals surface area contributed by atoms with Crippen molar-refractivity contribution in [3.63, 3.8) is 0 Å². The molecule has 1 fully saturated rings. The SMILES string of the molecule is COc1ccc2c(C[NH+]3CCN(c4ccc(C(F)(F)F)c[nH+]4)CC3)cc(=O)oc2c1. The van der Waals surface area contributed by atoms with Crippen molar-refractivity contribution >= 4 is 16.8 Å². The monoisotopic (exact) mass is 421 g/mol. The molecule has 0 radical (unpaired) electrons. The fourth-order valence-electron chi connectivity index (χ4n) is 3.78. The maximum Gasteiger partial charge on any atom is 0.419 e. The van der Waals surface area contributed by atoms with Gasteiger partial charge in [-0.1, -0.05) is 0 Å². The maximum absolute atomic E-state index is 12.7. The van der Waals surface area contributed by atoms with E-state index in [0.717, 1.165) is 36.3 Å². The van der Waals surface area contributed by atoms with Crippen LogP contribution in [0.25, 0.3) is 11.0 Å². The van der Waals surface area contributed by atoms with Crippen LogP contribution in [-0.2, 0) is 12.7 Å². The number of nitrogens with zero attached hydrogens (tertiary/aromatic N) is 1. The van der Waals surface area contributed by atoms with Crippen molar-refractivity contribution in [3.8, 4) is 5.75 Å². The van der Waals surface area contributed by atoms with Gasteiger partial charge in [-0.05, 0) is 18.2 Å². The number of aromatic nitrogens is 1. The highest BCUT2D eigenvalue weighted by atomic mass is 19.4. The molecule has 0 aliphatic carbocycles. The van der Waals surface area contributed by atoms with Gasteiger partial charge in [0.15, 0.2) is 0 Å². The second-order valence-electron chi connectivity index (χ2n) is 7.33. The van der Waals surface area contributed by atoms with Crippen molar-refractivity contribution in [1.82, 2.24) is 0 Å². The maximum atomic E-state index is 12.7. The number of alkyl halides is 3. The molecule has 4 rings (SSSR count). The molecule has 1 aliphatic rings. The third kappa shape index (κ3) is 4.25. The van der Waals surface area contributed by atoms with Gasteiger partial charge in [0.1, 0.15) is 50.3 Å². The van der Waals surface area contributed by atoms with E-state index < -0.39 is 17.4 Å². The number of rotatable bonds is 4. The third-order valence-electron chi connectivity index (χ3n) is 5.41. The summed E-state index contributed by atoms with van der Waals surface area (Å²) in [6.45, 7) is 3.66. The Hall–Kier alpha value is -3.07. The zero-order valence-electron chi connectivity index (χ0n) is 16.4. The summed E-state index contributed by atoms with van der Waals surface area (Å²) in [6.07, 6.45) is -3.36. The molecule has 2 N–H and O–H groups in total. The van der Waals surface area contributed by atoms with Gasteiger partial charge in [0.05, 0.1) is 12.7 Å². The fraction of sp³-hybridized carbons (Fsp3) is 0.333. The van der Waals surface area contributed by atoms with Gasteiger partial charge in [0, 0.05) is 29.1 Å². The second kappa shape index (κ2) is 7.98. The second-order valence-corrected chi connectivity index (χ2v) is 7.33. The lowest BCUT2D eigenvalue weighted by Crippen LogP contribution is -3.13. The summed E-state index contributed by atoms with van der Waals surface area (Å²) in [4.78, 5) is 18.0. The third-order valence-corrected chi connectivity index (χ3v) is 5.41. The molecule has 1 saturated heterocycles. The predicted molar refractivity (Wildman–Crippen MR) is 104 cm³/mol. The van der Waals surface area contributed by atoms with E-state index in [9.17, 15) is 18.0 Å². The number of benzene rings is 1. The first-order valence-electron chi connectivity index (χ1n) is 9.62. The van der Waals surface area contributed by atoms with Gasteiger partial charge in [0.25, 0.3) is 5.82 Å². The van der Waals surface area contributed by atoms with Crippen LogP contribution in [0, 0.1) is 0 Å². The van der Waals surface area contributed by atoms with E-state index in [0.29, 0.717) is 36.8 Å². The standard InChI is InChI=1S/C21H20F3N3O3/c1-29-16-3-4-17-14(10-20(28)30-18(17)11-16)13-26-6-8-27(9-7-26)19-5-2-15(12-25-19)21(22,23)24/h2-5,10-12H,6-9,13H2,1H3/p+2. The van der Waals surface area contributed by atoms with E-state index in [-0.39, 0.29) is 0 Å². The summed E-state index contributed by atoms with van der Waals surface area (Å²) in [6, 6.07) is 9.51. The molecule has 0 spiro atoms. The number of H-pyrrole nitrogens is 1. The van der Waals surface area contributed by atoms with E-state index in [1.54, 1.807) is 13.2 Å². The number of hydrogen-bond acceptors (Lipinski definition) is 4. The van der Waals surface area contributed by atoms with Crippen LogP contribution >= 0.6 is 0 Å². The number of methoxy groups -OCH3 is 1. The van der Waals surface area contributed by atoms with E-state index >= 15 is 0 Å². The van der Waals surface area contributed by atoms with Crippen molar-refractivity contribution in [2.45, 2.75) is 12.7 Å². The zero-order chi connectivity index (χ0) is 21.3. The zero-order valence-corrected chi connectivity index (χ0v) is 16.4. The Morgan fingerprint density at radius 3 is 2.57 bits per heavy atom. The predicted octanol–water partition coefficient (Wildman–Crippen LogP) is 1.54. The van der Waals surface area contributed by atoms with Gasteiger partial charge in [-0.25, -0.2) is 9.78 Å². The first-order valence-corrected chi connectivity index (χ1v) is 9.62. The Morgan fingerprint density at radius 1 is 1.17 bits per heavy atom. The van der Waals surface area contributed by atoms with Crippen molar-refractivity contribution in [2.24, 2.45) is 0 Å². The van der Waals surface area contributed by atoms with E-state index in [2.05, 4.69) is 4.98 Å². The number of anilines is 1. The molecule has 158 valence electrons. The average Bonchev–Trinajstić information content (AvgIpc) is 2.73. The topological polar surface area (TPSA) is 61.3 Å². The van der Waals surface area contributed by atoms with Gasteiger partial charge >= 0.3 is 11.8 Å². The minimum Gasteiger partial charge on any atom is -0.497 e. The molecule has 1 aliphatic heterocycles. The average molecular weight is 421 g/mol. The van der Waals surface area contributed by atoms with Gasteiger partial charge in [-0.3, -0.25) is 4.90 Å². The molecule has 30 heavy (non-hydrogen) atoms. The van der Waals surface area contributed by atoms with Crippen LogP contribution in [0.2, 0.25) is 0 Å². The molecule has 3 heterocycles. The van der Waals surface area contributed by atoms with E-state index in [1.165, 1.54) is 17.0 Å². The summed E-state index contributed by atoms with van der Waals surface area (Å²) in [7, 11) is 1.56. The van der Waals surface area contributed by atoms with Gasteiger partial charge in [0.2, 0.25) is 0 Å². The Morgan fingerprint density at radius 2 is 1.93 bits per heavy atom. The molecule has 6 nitrogen and oxygen atoms in total. The van der Waals surface area contributed by atoms with Crippen molar-refractivity contribution in [2.75, 3.05) is 38.2 Å². The first kappa shape index (κ1) is 20.2. The largest absolute Gasteiger partial charge is 0.497 e. The molecule has 0 atom stereocenters. The van der Waals surface area contributed by atoms with Crippen LogP contribution < -0.4 is 25.1 Å². The number of quaternary nitrogens is 1. The van der Waals surface area contributed by atoms with Crippen LogP contribution in [0.15, 0.2) is 51.8 Å². The van der Waals surface area contributed by atoms with Crippen LogP contribution in [0.5, 0.6) is 5.75 Å². The van der Waals surface area contributed by atoms with E-state index in [4.69, 9.17) is 9.15 Å². The molecule has 2 aromatic heterocycles. The highest BCUT2D eigenvalue weighted by Crippen LogP contribution is 2.28. The molecule has 1 aromatic carbocycles. The highest BCUT2D eigenvalue weighted by Gasteiger charge is 2.33. The molecular weight excluding hydrogens is 399 g/mol. The van der Waals surface area contributed by atoms with Crippen molar-refractivity contribution < 1.29 is 32.2 Å². The Bertz CT molecular complexity index is 1090. The molecule has 3 aromatic rings. The number of piperazine rings is 1. The molecule has 0 saturated carbocycles. The first-order chi connectivity index (χ1) is 14.3. The molecular formula is C21H22F3N3O3+2. The molecule has 0 bridgehead atoms. The van der Waals surface area contributed by atoms with Crippen molar-refractivity contribution in [3.05, 3.63) is 64.1 Å². The number of halogens is 3. The Kier molecular flexibility index (Phi) is 5.38. The fourth-order valence-corrected chi connectivity index (χ4v) is 3.78. The van der Waals surface area contributed by atoms with Gasteiger partial charge in [-0.2, -0.15) is 13.2 Å². The van der Waals surface area contributed by atoms with Crippen LogP contribution in [-0.4, -0.2) is 33.3 Å². The van der Waals surface area contributed by atoms with Crippen molar-refractivity contribution in [1.29, 1.82) is 0 Å². The Balaban J connectivity index is 1.44. The smallest absolute Gasteiger partial charge is 0.419 e. The quantitative estimate of drug-likeness (QED) is 0.650. The lowest BCUT2D eigenvalue weighted by molar-refractivity contribution is -0.914. The normalized spacial score (nSPS) is 15.5. The van der Waals surface area contributed by atoms with Gasteiger partial charge in [-0.15, -0.1) is 0 Å². The summed E-state index contributed by atoms with van der Waals surface area (Å²) in [5.41, 5.74) is 0.313. The minimum absolute atomic E-state index is 0.400. The lowest BCUT2D eigenvalue weighted by Gasteiger charge is -2.28. The van der Waals surface area contributed by atoms with Gasteiger partial charge < -0.3 is 14.1 Å². The number of hydrogen-bond donors (Lipinski definition) is 1. The number of nitrogens with one attached hydrogen (secondary N) is 2. The van der Waals surface area contributed by atoms with Crippen LogP contribution in [0.1, 0.15) is 11.1 Å². The van der Waals surface area contributed by atoms with Crippen LogP contribution in [0.4, 0.5) is 19.0 Å². The minimum atomic E-state index is -4.35. The molecule has 9 heteroatoms. The number of ether oxygens (including phenoxy) is 1. The number of pyridine rings is 1.